The Balaban J connectivity index is 2.33. The number of halogens is 1. The van der Waals surface area contributed by atoms with Crippen molar-refractivity contribution in [3.8, 4) is 11.8 Å². The van der Waals surface area contributed by atoms with E-state index in [-0.39, 0.29) is 11.7 Å². The van der Waals surface area contributed by atoms with Gasteiger partial charge in [-0.25, -0.2) is 4.39 Å². The van der Waals surface area contributed by atoms with Gasteiger partial charge in [0, 0.05) is 0 Å². The second-order valence-corrected chi connectivity index (χ2v) is 4.59. The molecule has 4 heteroatoms. The van der Waals surface area contributed by atoms with Crippen LogP contribution in [0.15, 0.2) is 42.5 Å². The van der Waals surface area contributed by atoms with Gasteiger partial charge in [-0.1, -0.05) is 12.1 Å². The van der Waals surface area contributed by atoms with Crippen molar-refractivity contribution < 1.29 is 9.13 Å². The van der Waals surface area contributed by atoms with Crippen molar-refractivity contribution in [2.45, 2.75) is 20.0 Å². The van der Waals surface area contributed by atoms with Crippen LogP contribution in [0, 0.1) is 17.1 Å². The van der Waals surface area contributed by atoms with Crippen LogP contribution in [-0.2, 0) is 0 Å². The molecule has 0 amide bonds. The number of ether oxygens (including phenoxy) is 1. The van der Waals surface area contributed by atoms with E-state index in [1.165, 1.54) is 12.1 Å². The lowest BCUT2D eigenvalue weighted by Gasteiger charge is -2.16. The lowest BCUT2D eigenvalue weighted by molar-refractivity contribution is 0.244. The van der Waals surface area contributed by atoms with Crippen molar-refractivity contribution in [1.82, 2.24) is 0 Å². The van der Waals surface area contributed by atoms with Crippen LogP contribution in [0.25, 0.3) is 0 Å². The Labute approximate surface area is 117 Å². The molecule has 0 bridgehead atoms. The number of hydrogen-bond acceptors (Lipinski definition) is 3. The third-order valence-electron chi connectivity index (χ3n) is 2.62. The predicted octanol–water partition coefficient (Wildman–Crippen LogP) is 4.23. The highest BCUT2D eigenvalue weighted by Gasteiger charge is 2.08. The SMILES string of the molecule is CC(C)Oc1ccccc1Nc1ccc(F)cc1C#N. The third kappa shape index (κ3) is 3.27. The van der Waals surface area contributed by atoms with Crippen molar-refractivity contribution >= 4 is 11.4 Å². The van der Waals surface area contributed by atoms with E-state index in [2.05, 4.69) is 5.32 Å². The standard InChI is InChI=1S/C16H15FN2O/c1-11(2)20-16-6-4-3-5-15(16)19-14-8-7-13(17)9-12(14)10-18/h3-9,11,19H,1-2H3. The number of nitrogens with zero attached hydrogens (tertiary/aromatic N) is 1. The van der Waals surface area contributed by atoms with E-state index in [4.69, 9.17) is 10.00 Å². The van der Waals surface area contributed by atoms with Gasteiger partial charge in [-0.3, -0.25) is 0 Å². The maximum Gasteiger partial charge on any atom is 0.143 e. The molecule has 0 radical (unpaired) electrons. The Morgan fingerprint density at radius 1 is 1.15 bits per heavy atom. The van der Waals surface area contributed by atoms with Crippen LogP contribution < -0.4 is 10.1 Å². The van der Waals surface area contributed by atoms with E-state index in [9.17, 15) is 4.39 Å². The summed E-state index contributed by atoms with van der Waals surface area (Å²) in [4.78, 5) is 0. The molecule has 0 saturated carbocycles. The highest BCUT2D eigenvalue weighted by atomic mass is 19.1. The molecule has 0 aliphatic rings. The lowest BCUT2D eigenvalue weighted by Crippen LogP contribution is -2.07. The summed E-state index contributed by atoms with van der Waals surface area (Å²) in [6.07, 6.45) is 0.0432. The first kappa shape index (κ1) is 13.9. The van der Waals surface area contributed by atoms with Gasteiger partial charge < -0.3 is 10.1 Å². The highest BCUT2D eigenvalue weighted by Crippen LogP contribution is 2.29. The van der Waals surface area contributed by atoms with Gasteiger partial charge in [-0.15, -0.1) is 0 Å². The first-order chi connectivity index (χ1) is 9.60. The molecule has 102 valence electrons. The summed E-state index contributed by atoms with van der Waals surface area (Å²) in [5.41, 5.74) is 1.54. The number of nitrogens with one attached hydrogen (secondary N) is 1. The molecular formula is C16H15FN2O. The minimum Gasteiger partial charge on any atom is -0.489 e. The fourth-order valence-electron chi connectivity index (χ4n) is 1.79. The number of nitriles is 1. The predicted molar refractivity (Wildman–Crippen MR) is 76.6 cm³/mol. The lowest BCUT2D eigenvalue weighted by atomic mass is 10.1. The molecule has 20 heavy (non-hydrogen) atoms. The summed E-state index contributed by atoms with van der Waals surface area (Å²) >= 11 is 0. The Morgan fingerprint density at radius 3 is 2.60 bits per heavy atom. The van der Waals surface area contributed by atoms with Gasteiger partial charge in [0.2, 0.25) is 0 Å². The number of benzene rings is 2. The number of anilines is 2. The monoisotopic (exact) mass is 270 g/mol. The molecule has 2 rings (SSSR count). The summed E-state index contributed by atoms with van der Waals surface area (Å²) < 4.78 is 18.8. The summed E-state index contributed by atoms with van der Waals surface area (Å²) in [5.74, 6) is 0.259. The number of para-hydroxylation sites is 2. The second kappa shape index (κ2) is 6.07. The first-order valence-electron chi connectivity index (χ1n) is 6.32. The van der Waals surface area contributed by atoms with Gasteiger partial charge in [0.15, 0.2) is 0 Å². The minimum atomic E-state index is -0.432. The molecule has 0 aromatic heterocycles. The summed E-state index contributed by atoms with van der Waals surface area (Å²) in [5, 5.41) is 12.2. The average Bonchev–Trinajstić information content (AvgIpc) is 2.42. The van der Waals surface area contributed by atoms with Crippen LogP contribution >= 0.6 is 0 Å². The molecule has 1 N–H and O–H groups in total. The summed E-state index contributed by atoms with van der Waals surface area (Å²) in [7, 11) is 0. The molecule has 0 heterocycles. The topological polar surface area (TPSA) is 45.0 Å². The van der Waals surface area contributed by atoms with Crippen molar-refractivity contribution in [2.24, 2.45) is 0 Å². The Kier molecular flexibility index (Phi) is 4.21. The van der Waals surface area contributed by atoms with Gasteiger partial charge in [0.1, 0.15) is 17.6 Å². The van der Waals surface area contributed by atoms with Crippen molar-refractivity contribution in [1.29, 1.82) is 5.26 Å². The van der Waals surface area contributed by atoms with Crippen molar-refractivity contribution in [2.75, 3.05) is 5.32 Å². The average molecular weight is 270 g/mol. The molecule has 2 aromatic rings. The fraction of sp³-hybridized carbons (Fsp3) is 0.188. The summed E-state index contributed by atoms with van der Waals surface area (Å²) in [6, 6.07) is 13.5. The molecular weight excluding hydrogens is 255 g/mol. The number of rotatable bonds is 4. The molecule has 0 unspecified atom stereocenters. The van der Waals surface area contributed by atoms with E-state index in [1.807, 2.05) is 44.2 Å². The zero-order chi connectivity index (χ0) is 14.5. The van der Waals surface area contributed by atoms with Crippen LogP contribution in [0.3, 0.4) is 0 Å². The molecule has 0 aliphatic carbocycles. The first-order valence-corrected chi connectivity index (χ1v) is 6.32. The zero-order valence-corrected chi connectivity index (χ0v) is 11.4. The van der Waals surface area contributed by atoms with Crippen molar-refractivity contribution in [3.63, 3.8) is 0 Å². The van der Waals surface area contributed by atoms with Gasteiger partial charge in [-0.05, 0) is 44.2 Å². The molecule has 0 spiro atoms. The molecule has 2 aromatic carbocycles. The Hall–Kier alpha value is -2.54. The van der Waals surface area contributed by atoms with Crippen LogP contribution in [0.4, 0.5) is 15.8 Å². The quantitative estimate of drug-likeness (QED) is 0.904. The number of hydrogen-bond donors (Lipinski definition) is 1. The van der Waals surface area contributed by atoms with Crippen LogP contribution in [0.1, 0.15) is 19.4 Å². The fourth-order valence-corrected chi connectivity index (χ4v) is 1.79. The van der Waals surface area contributed by atoms with Crippen LogP contribution in [-0.4, -0.2) is 6.10 Å². The maximum absolute atomic E-state index is 13.1. The highest BCUT2D eigenvalue weighted by molar-refractivity contribution is 5.70. The molecule has 0 aliphatic heterocycles. The van der Waals surface area contributed by atoms with Gasteiger partial charge in [0.05, 0.1) is 23.0 Å². The smallest absolute Gasteiger partial charge is 0.143 e. The van der Waals surface area contributed by atoms with Gasteiger partial charge >= 0.3 is 0 Å². The Morgan fingerprint density at radius 2 is 1.90 bits per heavy atom. The normalized spacial score (nSPS) is 10.2. The van der Waals surface area contributed by atoms with Crippen LogP contribution in [0.2, 0.25) is 0 Å². The van der Waals surface area contributed by atoms with Gasteiger partial charge in [-0.2, -0.15) is 5.26 Å². The van der Waals surface area contributed by atoms with E-state index in [0.717, 1.165) is 5.69 Å². The molecule has 0 saturated heterocycles. The van der Waals surface area contributed by atoms with E-state index in [0.29, 0.717) is 11.4 Å². The summed E-state index contributed by atoms with van der Waals surface area (Å²) in [6.45, 7) is 3.88. The van der Waals surface area contributed by atoms with Crippen molar-refractivity contribution in [3.05, 3.63) is 53.8 Å². The minimum absolute atomic E-state index is 0.0432. The largest absolute Gasteiger partial charge is 0.489 e. The maximum atomic E-state index is 13.1. The van der Waals surface area contributed by atoms with E-state index in [1.54, 1.807) is 6.07 Å². The third-order valence-corrected chi connectivity index (χ3v) is 2.62. The second-order valence-electron chi connectivity index (χ2n) is 4.59. The Bertz CT molecular complexity index is 647. The van der Waals surface area contributed by atoms with Crippen LogP contribution in [0.5, 0.6) is 5.75 Å². The van der Waals surface area contributed by atoms with Gasteiger partial charge in [0.25, 0.3) is 0 Å². The van der Waals surface area contributed by atoms with E-state index < -0.39 is 5.82 Å². The molecule has 0 atom stereocenters. The molecule has 3 nitrogen and oxygen atoms in total. The van der Waals surface area contributed by atoms with E-state index >= 15 is 0 Å². The zero-order valence-electron chi connectivity index (χ0n) is 11.4. The molecule has 0 fully saturated rings.